The van der Waals surface area contributed by atoms with Crippen LogP contribution in [0.4, 0.5) is 0 Å². The van der Waals surface area contributed by atoms with E-state index >= 15 is 0 Å². The molecule has 0 radical (unpaired) electrons. The van der Waals surface area contributed by atoms with E-state index < -0.39 is 18.0 Å². The summed E-state index contributed by atoms with van der Waals surface area (Å²) in [5, 5.41) is 15.2. The number of nitrogens with one attached hydrogen (secondary N) is 2. The number of rotatable bonds is 11. The highest BCUT2D eigenvalue weighted by Gasteiger charge is 2.21. The second-order valence-electron chi connectivity index (χ2n) is 8.41. The average molecular weight is 470 g/mol. The predicted octanol–water partition coefficient (Wildman–Crippen LogP) is 2.31. The minimum Gasteiger partial charge on any atom is -0.508 e. The monoisotopic (exact) mass is 469 g/mol. The van der Waals surface area contributed by atoms with Crippen LogP contribution in [0.2, 0.25) is 0 Å². The number of aryl methyl sites for hydroxylation is 3. The first-order valence-electron chi connectivity index (χ1n) is 11.5. The molecule has 0 spiro atoms. The molecule has 2 rings (SSSR count). The van der Waals surface area contributed by atoms with Gasteiger partial charge in [0.05, 0.1) is 18.2 Å². The SMILES string of the molecule is CCOC(=O)c1ccc(CCCNC(=O)[C@@H](C)NC(=O)[C@@H](N)Cc2c(C)cc(O)cc2C)cc1. The van der Waals surface area contributed by atoms with E-state index in [9.17, 15) is 19.5 Å². The highest BCUT2D eigenvalue weighted by Crippen LogP contribution is 2.21. The van der Waals surface area contributed by atoms with Gasteiger partial charge in [-0.05, 0) is 93.5 Å². The molecule has 2 atom stereocenters. The Hall–Kier alpha value is -3.39. The fraction of sp³-hybridized carbons (Fsp3) is 0.423. The van der Waals surface area contributed by atoms with Crippen LogP contribution in [-0.2, 0) is 27.2 Å². The summed E-state index contributed by atoms with van der Waals surface area (Å²) in [7, 11) is 0. The van der Waals surface area contributed by atoms with Gasteiger partial charge in [0, 0.05) is 6.54 Å². The Morgan fingerprint density at radius 1 is 1.06 bits per heavy atom. The van der Waals surface area contributed by atoms with Gasteiger partial charge >= 0.3 is 5.97 Å². The molecule has 2 aromatic carbocycles. The van der Waals surface area contributed by atoms with Crippen molar-refractivity contribution in [3.63, 3.8) is 0 Å². The lowest BCUT2D eigenvalue weighted by molar-refractivity contribution is -0.129. The number of ether oxygens (including phenoxy) is 1. The molecule has 8 heteroatoms. The molecule has 0 aliphatic carbocycles. The molecule has 0 saturated heterocycles. The van der Waals surface area contributed by atoms with E-state index in [2.05, 4.69) is 10.6 Å². The van der Waals surface area contributed by atoms with Crippen molar-refractivity contribution in [2.75, 3.05) is 13.2 Å². The minimum absolute atomic E-state index is 0.177. The summed E-state index contributed by atoms with van der Waals surface area (Å²) < 4.78 is 4.97. The van der Waals surface area contributed by atoms with Gasteiger partial charge in [0.25, 0.3) is 0 Å². The van der Waals surface area contributed by atoms with E-state index in [1.807, 2.05) is 26.0 Å². The Labute approximate surface area is 200 Å². The molecular formula is C26H35N3O5. The predicted molar refractivity (Wildman–Crippen MR) is 131 cm³/mol. The van der Waals surface area contributed by atoms with Crippen LogP contribution in [0.3, 0.4) is 0 Å². The standard InChI is InChI=1S/C26H35N3O5/c1-5-34-26(33)20-10-8-19(9-11-20)7-6-12-28-24(31)18(4)29-25(32)23(27)15-22-16(2)13-21(30)14-17(22)3/h8-11,13-14,18,23,30H,5-7,12,15,27H2,1-4H3,(H,28,31)(H,29,32)/t18-,23+/m1/s1. The number of carbonyl (C=O) groups excluding carboxylic acids is 3. The highest BCUT2D eigenvalue weighted by molar-refractivity contribution is 5.90. The zero-order chi connectivity index (χ0) is 25.3. The quantitative estimate of drug-likeness (QED) is 0.295. The molecular weight excluding hydrogens is 434 g/mol. The van der Waals surface area contributed by atoms with Crippen molar-refractivity contribution in [2.45, 2.75) is 59.0 Å². The molecule has 2 aromatic rings. The van der Waals surface area contributed by atoms with Gasteiger partial charge < -0.3 is 26.2 Å². The first kappa shape index (κ1) is 26.9. The van der Waals surface area contributed by atoms with E-state index in [-0.39, 0.29) is 17.6 Å². The first-order chi connectivity index (χ1) is 16.1. The van der Waals surface area contributed by atoms with Crippen molar-refractivity contribution in [2.24, 2.45) is 5.73 Å². The molecule has 2 amide bonds. The molecule has 0 saturated carbocycles. The van der Waals surface area contributed by atoms with Crippen molar-refractivity contribution in [3.05, 3.63) is 64.2 Å². The van der Waals surface area contributed by atoms with E-state index in [0.29, 0.717) is 31.6 Å². The number of hydrogen-bond acceptors (Lipinski definition) is 6. The summed E-state index contributed by atoms with van der Waals surface area (Å²) in [5.41, 5.74) is 10.3. The van der Waals surface area contributed by atoms with Gasteiger partial charge in [-0.25, -0.2) is 4.79 Å². The molecule has 0 aromatic heterocycles. The average Bonchev–Trinajstić information content (AvgIpc) is 2.79. The number of hydrogen-bond donors (Lipinski definition) is 4. The van der Waals surface area contributed by atoms with Crippen molar-refractivity contribution >= 4 is 17.8 Å². The molecule has 184 valence electrons. The molecule has 34 heavy (non-hydrogen) atoms. The van der Waals surface area contributed by atoms with E-state index in [1.165, 1.54) is 0 Å². The van der Waals surface area contributed by atoms with Crippen molar-refractivity contribution in [3.8, 4) is 5.75 Å². The van der Waals surface area contributed by atoms with Gasteiger partial charge in [0.2, 0.25) is 11.8 Å². The molecule has 0 fully saturated rings. The summed E-state index contributed by atoms with van der Waals surface area (Å²) in [6.45, 7) is 7.89. The number of phenolic OH excluding ortho intramolecular Hbond substituents is 1. The van der Waals surface area contributed by atoms with Crippen LogP contribution in [0.5, 0.6) is 5.75 Å². The number of nitrogens with two attached hydrogens (primary N) is 1. The van der Waals surface area contributed by atoms with Crippen LogP contribution >= 0.6 is 0 Å². The summed E-state index contributed by atoms with van der Waals surface area (Å²) >= 11 is 0. The Balaban J connectivity index is 1.75. The molecule has 0 bridgehead atoms. The molecule has 5 N–H and O–H groups in total. The molecule has 0 heterocycles. The van der Waals surface area contributed by atoms with E-state index in [1.54, 1.807) is 38.1 Å². The fourth-order valence-electron chi connectivity index (χ4n) is 3.67. The van der Waals surface area contributed by atoms with Crippen LogP contribution < -0.4 is 16.4 Å². The van der Waals surface area contributed by atoms with Gasteiger partial charge in [-0.2, -0.15) is 0 Å². The Morgan fingerprint density at radius 3 is 2.26 bits per heavy atom. The van der Waals surface area contributed by atoms with Gasteiger partial charge in [-0.15, -0.1) is 0 Å². The van der Waals surface area contributed by atoms with Gasteiger partial charge in [-0.3, -0.25) is 9.59 Å². The van der Waals surface area contributed by atoms with Crippen LogP contribution in [0.15, 0.2) is 36.4 Å². The van der Waals surface area contributed by atoms with E-state index in [0.717, 1.165) is 28.7 Å². The highest BCUT2D eigenvalue weighted by atomic mass is 16.5. The number of phenols is 1. The number of aromatic hydroxyl groups is 1. The lowest BCUT2D eigenvalue weighted by atomic mass is 9.96. The van der Waals surface area contributed by atoms with E-state index in [4.69, 9.17) is 10.5 Å². The zero-order valence-electron chi connectivity index (χ0n) is 20.3. The minimum atomic E-state index is -0.810. The maximum Gasteiger partial charge on any atom is 0.338 e. The number of amides is 2. The Morgan fingerprint density at radius 2 is 1.68 bits per heavy atom. The lowest BCUT2D eigenvalue weighted by Gasteiger charge is -2.19. The molecule has 0 unspecified atom stereocenters. The Bertz CT molecular complexity index is 981. The van der Waals surface area contributed by atoms with Crippen LogP contribution in [0.25, 0.3) is 0 Å². The normalized spacial score (nSPS) is 12.5. The third kappa shape index (κ3) is 7.88. The first-order valence-corrected chi connectivity index (χ1v) is 11.5. The van der Waals surface area contributed by atoms with Crippen molar-refractivity contribution < 1.29 is 24.2 Å². The number of esters is 1. The molecule has 8 nitrogen and oxygen atoms in total. The lowest BCUT2D eigenvalue weighted by Crippen LogP contribution is -2.51. The zero-order valence-corrected chi connectivity index (χ0v) is 20.3. The second kappa shape index (κ2) is 12.7. The van der Waals surface area contributed by atoms with Gasteiger partial charge in [0.1, 0.15) is 11.8 Å². The van der Waals surface area contributed by atoms with Gasteiger partial charge in [0.15, 0.2) is 0 Å². The second-order valence-corrected chi connectivity index (χ2v) is 8.41. The third-order valence-electron chi connectivity index (χ3n) is 5.60. The Kier molecular flexibility index (Phi) is 10.1. The van der Waals surface area contributed by atoms with Crippen LogP contribution in [0.1, 0.15) is 52.9 Å². The summed E-state index contributed by atoms with van der Waals surface area (Å²) in [6.07, 6.45) is 1.76. The number of carbonyl (C=O) groups is 3. The smallest absolute Gasteiger partial charge is 0.338 e. The number of benzene rings is 2. The third-order valence-corrected chi connectivity index (χ3v) is 5.60. The largest absolute Gasteiger partial charge is 0.508 e. The topological polar surface area (TPSA) is 131 Å². The van der Waals surface area contributed by atoms with Crippen LogP contribution in [0, 0.1) is 13.8 Å². The molecule has 0 aliphatic rings. The van der Waals surface area contributed by atoms with Crippen LogP contribution in [-0.4, -0.2) is 48.1 Å². The summed E-state index contributed by atoms with van der Waals surface area (Å²) in [4.78, 5) is 36.5. The van der Waals surface area contributed by atoms with Crippen molar-refractivity contribution in [1.82, 2.24) is 10.6 Å². The van der Waals surface area contributed by atoms with Crippen molar-refractivity contribution in [1.29, 1.82) is 0 Å². The fourth-order valence-corrected chi connectivity index (χ4v) is 3.67. The summed E-state index contributed by atoms with van der Waals surface area (Å²) in [5.74, 6) is -0.854. The maximum atomic E-state index is 12.5. The maximum absolute atomic E-state index is 12.5. The molecule has 0 aliphatic heterocycles. The van der Waals surface area contributed by atoms with Gasteiger partial charge in [-0.1, -0.05) is 12.1 Å². The summed E-state index contributed by atoms with van der Waals surface area (Å²) in [6, 6.07) is 8.95.